The van der Waals surface area contributed by atoms with E-state index in [0.29, 0.717) is 35.0 Å². The van der Waals surface area contributed by atoms with Crippen LogP contribution in [0, 0.1) is 0 Å². The third kappa shape index (κ3) is 3.84. The molecular formula is C26H16N6O2. The largest absolute Gasteiger partial charge is 0.416 e. The number of benzene rings is 2. The molecule has 0 saturated heterocycles. The van der Waals surface area contributed by atoms with E-state index in [9.17, 15) is 0 Å². The lowest BCUT2D eigenvalue weighted by molar-refractivity contribution is 0.584. The summed E-state index contributed by atoms with van der Waals surface area (Å²) in [7, 11) is 0. The van der Waals surface area contributed by atoms with Crippen LogP contribution < -0.4 is 0 Å². The van der Waals surface area contributed by atoms with Crippen molar-refractivity contribution in [3.63, 3.8) is 0 Å². The van der Waals surface area contributed by atoms with Crippen molar-refractivity contribution in [2.24, 2.45) is 0 Å². The molecule has 0 aliphatic carbocycles. The lowest BCUT2D eigenvalue weighted by atomic mass is 10.1. The van der Waals surface area contributed by atoms with E-state index in [0.717, 1.165) is 22.3 Å². The van der Waals surface area contributed by atoms with Gasteiger partial charge in [0, 0.05) is 34.6 Å². The van der Waals surface area contributed by atoms with E-state index in [2.05, 4.69) is 30.4 Å². The van der Waals surface area contributed by atoms with Gasteiger partial charge in [0.05, 0.1) is 11.4 Å². The fourth-order valence-corrected chi connectivity index (χ4v) is 3.48. The molecule has 0 aliphatic heterocycles. The van der Waals surface area contributed by atoms with Gasteiger partial charge in [-0.25, -0.2) is 0 Å². The molecule has 0 fully saturated rings. The molecule has 162 valence electrons. The molecule has 8 heteroatoms. The van der Waals surface area contributed by atoms with Crippen molar-refractivity contribution in [2.45, 2.75) is 0 Å². The summed E-state index contributed by atoms with van der Waals surface area (Å²) >= 11 is 0. The van der Waals surface area contributed by atoms with Crippen molar-refractivity contribution in [1.82, 2.24) is 30.4 Å². The van der Waals surface area contributed by atoms with Gasteiger partial charge in [-0.2, -0.15) is 0 Å². The van der Waals surface area contributed by atoms with Gasteiger partial charge in [0.2, 0.25) is 23.6 Å². The van der Waals surface area contributed by atoms with Crippen LogP contribution in [0.15, 0.2) is 106 Å². The molecule has 0 radical (unpaired) electrons. The zero-order valence-electron chi connectivity index (χ0n) is 17.7. The van der Waals surface area contributed by atoms with Crippen LogP contribution >= 0.6 is 0 Å². The summed E-state index contributed by atoms with van der Waals surface area (Å²) < 4.78 is 11.8. The minimum Gasteiger partial charge on any atom is -0.416 e. The molecule has 0 N–H and O–H groups in total. The summed E-state index contributed by atoms with van der Waals surface area (Å²) in [6.45, 7) is 0. The van der Waals surface area contributed by atoms with Crippen LogP contribution in [0.4, 0.5) is 0 Å². The Hall–Kier alpha value is -4.98. The highest BCUT2D eigenvalue weighted by Gasteiger charge is 2.14. The maximum absolute atomic E-state index is 5.88. The van der Waals surface area contributed by atoms with Crippen LogP contribution in [0.1, 0.15) is 0 Å². The Bertz CT molecular complexity index is 1440. The normalized spacial score (nSPS) is 10.9. The molecule has 34 heavy (non-hydrogen) atoms. The number of pyridine rings is 2. The molecule has 6 aromatic rings. The Morgan fingerprint density at radius 3 is 1.21 bits per heavy atom. The van der Waals surface area contributed by atoms with Gasteiger partial charge < -0.3 is 8.83 Å². The average molecular weight is 444 g/mol. The Kier molecular flexibility index (Phi) is 4.93. The molecule has 4 heterocycles. The van der Waals surface area contributed by atoms with Gasteiger partial charge in [-0.05, 0) is 48.5 Å². The Morgan fingerprint density at radius 2 is 0.794 bits per heavy atom. The number of rotatable bonds is 5. The van der Waals surface area contributed by atoms with Crippen molar-refractivity contribution in [1.29, 1.82) is 0 Å². The third-order valence-electron chi connectivity index (χ3n) is 5.17. The average Bonchev–Trinajstić information content (AvgIpc) is 3.61. The number of hydrogen-bond donors (Lipinski definition) is 0. The number of hydrogen-bond acceptors (Lipinski definition) is 8. The predicted octanol–water partition coefficient (Wildman–Crippen LogP) is 5.58. The zero-order chi connectivity index (χ0) is 22.7. The molecular weight excluding hydrogens is 428 g/mol. The molecule has 2 aromatic carbocycles. The molecule has 0 spiro atoms. The van der Waals surface area contributed by atoms with Gasteiger partial charge in [0.15, 0.2) is 0 Å². The van der Waals surface area contributed by atoms with Gasteiger partial charge in [0.1, 0.15) is 0 Å². The topological polar surface area (TPSA) is 104 Å². The first-order chi connectivity index (χ1) is 16.8. The van der Waals surface area contributed by atoms with Crippen LogP contribution in [0.25, 0.3) is 57.2 Å². The van der Waals surface area contributed by atoms with E-state index in [-0.39, 0.29) is 0 Å². The molecule has 0 amide bonds. The molecule has 8 nitrogen and oxygen atoms in total. The molecule has 0 bridgehead atoms. The summed E-state index contributed by atoms with van der Waals surface area (Å²) in [5, 5.41) is 16.7. The second-order valence-electron chi connectivity index (χ2n) is 7.42. The fourth-order valence-electron chi connectivity index (χ4n) is 3.48. The predicted molar refractivity (Wildman–Crippen MR) is 125 cm³/mol. The van der Waals surface area contributed by atoms with Crippen molar-refractivity contribution in [2.75, 3.05) is 0 Å². The van der Waals surface area contributed by atoms with Crippen molar-refractivity contribution < 1.29 is 8.83 Å². The first kappa shape index (κ1) is 19.7. The van der Waals surface area contributed by atoms with Crippen molar-refractivity contribution >= 4 is 0 Å². The van der Waals surface area contributed by atoms with Crippen molar-refractivity contribution in [3.8, 4) is 57.2 Å². The van der Waals surface area contributed by atoms with Crippen LogP contribution in [0.5, 0.6) is 0 Å². The molecule has 0 atom stereocenters. The second-order valence-corrected chi connectivity index (χ2v) is 7.42. The van der Waals surface area contributed by atoms with E-state index < -0.39 is 0 Å². The minimum atomic E-state index is 0.406. The highest BCUT2D eigenvalue weighted by atomic mass is 16.4. The van der Waals surface area contributed by atoms with E-state index >= 15 is 0 Å². The molecule has 0 aliphatic rings. The maximum Gasteiger partial charge on any atom is 0.248 e. The summed E-state index contributed by atoms with van der Waals surface area (Å²) in [6, 6.07) is 26.6. The van der Waals surface area contributed by atoms with Crippen LogP contribution in [0.2, 0.25) is 0 Å². The highest BCUT2D eigenvalue weighted by Crippen LogP contribution is 2.29. The number of nitrogens with zero attached hydrogens (tertiary/aromatic N) is 6. The lowest BCUT2D eigenvalue weighted by Gasteiger charge is -2.03. The van der Waals surface area contributed by atoms with Gasteiger partial charge in [-0.15, -0.1) is 20.4 Å². The first-order valence-electron chi connectivity index (χ1n) is 10.5. The smallest absolute Gasteiger partial charge is 0.248 e. The van der Waals surface area contributed by atoms with Crippen LogP contribution in [-0.2, 0) is 0 Å². The molecule has 6 rings (SSSR count). The summed E-state index contributed by atoms with van der Waals surface area (Å²) in [4.78, 5) is 8.94. The Labute approximate surface area is 194 Å². The molecule has 4 aromatic heterocycles. The van der Waals surface area contributed by atoms with Gasteiger partial charge in [-0.1, -0.05) is 36.4 Å². The Balaban J connectivity index is 1.30. The monoisotopic (exact) mass is 444 g/mol. The summed E-state index contributed by atoms with van der Waals surface area (Å²) in [5.41, 5.74) is 4.52. The van der Waals surface area contributed by atoms with Gasteiger partial charge in [0.25, 0.3) is 0 Å². The zero-order valence-corrected chi connectivity index (χ0v) is 17.7. The van der Waals surface area contributed by atoms with Crippen LogP contribution in [0.3, 0.4) is 0 Å². The first-order valence-corrected chi connectivity index (χ1v) is 10.5. The minimum absolute atomic E-state index is 0.406. The Morgan fingerprint density at radius 1 is 0.412 bits per heavy atom. The summed E-state index contributed by atoms with van der Waals surface area (Å²) in [6.07, 6.45) is 3.37. The highest BCUT2D eigenvalue weighted by molar-refractivity contribution is 5.68. The van der Waals surface area contributed by atoms with Crippen molar-refractivity contribution in [3.05, 3.63) is 97.3 Å². The van der Waals surface area contributed by atoms with Crippen LogP contribution in [-0.4, -0.2) is 30.4 Å². The fraction of sp³-hybridized carbons (Fsp3) is 0. The van der Waals surface area contributed by atoms with E-state index in [1.807, 2.05) is 84.9 Å². The summed E-state index contributed by atoms with van der Waals surface area (Å²) in [5.74, 6) is 1.73. The SMILES string of the molecule is c1ccc(-c2nnc(-c3ccnc(-c4cc(-c5nnc(-c6ccccc6)o5)ccn4)c3)o2)cc1. The number of aromatic nitrogens is 6. The van der Waals surface area contributed by atoms with E-state index in [4.69, 9.17) is 8.83 Å². The standard InChI is InChI=1S/C26H16N6O2/c1-3-7-17(8-4-1)23-29-31-25(33-23)19-11-13-27-21(15-19)22-16-20(12-14-28-22)26-32-30-24(34-26)18-9-5-2-6-10-18/h1-16H. The molecule has 0 unspecified atom stereocenters. The quantitative estimate of drug-likeness (QED) is 0.340. The van der Waals surface area contributed by atoms with Gasteiger partial charge in [-0.3, -0.25) is 9.97 Å². The maximum atomic E-state index is 5.88. The third-order valence-corrected chi connectivity index (χ3v) is 5.17. The van der Waals surface area contributed by atoms with E-state index in [1.165, 1.54) is 0 Å². The van der Waals surface area contributed by atoms with E-state index in [1.54, 1.807) is 12.4 Å². The molecule has 0 saturated carbocycles. The second kappa shape index (κ2) is 8.51. The lowest BCUT2D eigenvalue weighted by Crippen LogP contribution is -1.90. The van der Waals surface area contributed by atoms with Gasteiger partial charge >= 0.3 is 0 Å².